The zero-order valence-corrected chi connectivity index (χ0v) is 16.7. The number of thiophene rings is 1. The van der Waals surface area contributed by atoms with Gasteiger partial charge in [-0.25, -0.2) is 0 Å². The molecule has 0 radical (unpaired) electrons. The van der Waals surface area contributed by atoms with Crippen LogP contribution in [0.15, 0.2) is 30.3 Å². The minimum atomic E-state index is -0.705. The van der Waals surface area contributed by atoms with Crippen LogP contribution in [0.5, 0.6) is 0 Å². The van der Waals surface area contributed by atoms with Gasteiger partial charge in [-0.1, -0.05) is 37.6 Å². The van der Waals surface area contributed by atoms with Crippen molar-refractivity contribution in [2.75, 3.05) is 0 Å². The minimum Gasteiger partial charge on any atom is -0.481 e. The Hall–Kier alpha value is -1.61. The molecule has 0 atom stereocenters. The zero-order chi connectivity index (χ0) is 18.4. The summed E-state index contributed by atoms with van der Waals surface area (Å²) in [6, 6.07) is 11.2. The Kier molecular flexibility index (Phi) is 6.83. The smallest absolute Gasteiger partial charge is 0.303 e. The van der Waals surface area contributed by atoms with Gasteiger partial charge in [0.2, 0.25) is 0 Å². The van der Waals surface area contributed by atoms with Crippen LogP contribution in [-0.2, 0) is 24.1 Å². The lowest BCUT2D eigenvalue weighted by atomic mass is 9.84. The van der Waals surface area contributed by atoms with E-state index in [0.717, 1.165) is 25.7 Å². The SMILES string of the molecule is Cc1ccc(C)c(CCCc2ccc(CCC(C)(C)CC(=O)O)s2)c1. The largest absolute Gasteiger partial charge is 0.481 e. The van der Waals surface area contributed by atoms with Gasteiger partial charge in [-0.05, 0) is 74.6 Å². The summed E-state index contributed by atoms with van der Waals surface area (Å²) in [6.45, 7) is 8.43. The molecule has 3 heteroatoms. The first-order valence-corrected chi connectivity index (χ1v) is 9.92. The number of rotatable bonds is 9. The second-order valence-electron chi connectivity index (χ2n) is 7.89. The predicted octanol–water partition coefficient (Wildman–Crippen LogP) is 5.97. The molecule has 0 spiro atoms. The molecular formula is C22H30O2S. The number of hydrogen-bond donors (Lipinski definition) is 1. The van der Waals surface area contributed by atoms with Gasteiger partial charge in [0.05, 0.1) is 6.42 Å². The maximum absolute atomic E-state index is 10.9. The molecular weight excluding hydrogens is 328 g/mol. The molecule has 0 saturated heterocycles. The molecule has 0 unspecified atom stereocenters. The van der Waals surface area contributed by atoms with Crippen molar-refractivity contribution in [3.8, 4) is 0 Å². The van der Waals surface area contributed by atoms with Crippen LogP contribution in [0.2, 0.25) is 0 Å². The van der Waals surface area contributed by atoms with Gasteiger partial charge >= 0.3 is 5.97 Å². The predicted molar refractivity (Wildman–Crippen MR) is 107 cm³/mol. The molecule has 0 bridgehead atoms. The number of aryl methyl sites for hydroxylation is 5. The van der Waals surface area contributed by atoms with Gasteiger partial charge in [0, 0.05) is 9.75 Å². The van der Waals surface area contributed by atoms with Gasteiger partial charge in [-0.2, -0.15) is 0 Å². The Morgan fingerprint density at radius 3 is 2.40 bits per heavy atom. The van der Waals surface area contributed by atoms with Gasteiger partial charge in [-0.15, -0.1) is 11.3 Å². The summed E-state index contributed by atoms with van der Waals surface area (Å²) in [4.78, 5) is 13.7. The average Bonchev–Trinajstić information content (AvgIpc) is 2.96. The highest BCUT2D eigenvalue weighted by atomic mass is 32.1. The van der Waals surface area contributed by atoms with Crippen molar-refractivity contribution >= 4 is 17.3 Å². The van der Waals surface area contributed by atoms with Crippen molar-refractivity contribution in [2.45, 2.75) is 66.2 Å². The van der Waals surface area contributed by atoms with E-state index < -0.39 is 5.97 Å². The number of hydrogen-bond acceptors (Lipinski definition) is 2. The van der Waals surface area contributed by atoms with Crippen LogP contribution in [0, 0.1) is 19.3 Å². The standard InChI is InChI=1S/C22H30O2S/c1-16-8-9-17(2)18(14-16)6-5-7-19-10-11-20(25-19)12-13-22(3,4)15-21(23)24/h8-11,14H,5-7,12-13,15H2,1-4H3,(H,23,24). The normalized spacial score (nSPS) is 11.7. The van der Waals surface area contributed by atoms with Crippen molar-refractivity contribution in [3.63, 3.8) is 0 Å². The molecule has 2 aromatic rings. The van der Waals surface area contributed by atoms with E-state index in [0.29, 0.717) is 0 Å². The van der Waals surface area contributed by atoms with E-state index in [-0.39, 0.29) is 11.8 Å². The highest BCUT2D eigenvalue weighted by Gasteiger charge is 2.21. The van der Waals surface area contributed by atoms with Crippen LogP contribution >= 0.6 is 11.3 Å². The molecule has 25 heavy (non-hydrogen) atoms. The van der Waals surface area contributed by atoms with Crippen LogP contribution < -0.4 is 0 Å². The van der Waals surface area contributed by atoms with E-state index in [9.17, 15) is 4.79 Å². The average molecular weight is 359 g/mol. The first-order chi connectivity index (χ1) is 11.7. The maximum atomic E-state index is 10.9. The van der Waals surface area contributed by atoms with Gasteiger partial charge in [-0.3, -0.25) is 4.79 Å². The summed E-state index contributed by atoms with van der Waals surface area (Å²) in [6.07, 6.45) is 5.56. The molecule has 2 nitrogen and oxygen atoms in total. The number of carboxylic acid groups (broad SMARTS) is 1. The fourth-order valence-corrected chi connectivity index (χ4v) is 4.23. The number of benzene rings is 1. The fourth-order valence-electron chi connectivity index (χ4n) is 3.17. The van der Waals surface area contributed by atoms with E-state index in [4.69, 9.17) is 5.11 Å². The molecule has 0 saturated carbocycles. The fraction of sp³-hybridized carbons (Fsp3) is 0.500. The van der Waals surface area contributed by atoms with Gasteiger partial charge in [0.15, 0.2) is 0 Å². The van der Waals surface area contributed by atoms with E-state index in [2.05, 4.69) is 44.2 Å². The van der Waals surface area contributed by atoms with Gasteiger partial charge < -0.3 is 5.11 Å². The Morgan fingerprint density at radius 2 is 1.72 bits per heavy atom. The molecule has 2 rings (SSSR count). The molecule has 0 amide bonds. The summed E-state index contributed by atoms with van der Waals surface area (Å²) < 4.78 is 0. The minimum absolute atomic E-state index is 0.140. The molecule has 1 N–H and O–H groups in total. The number of carbonyl (C=O) groups is 1. The van der Waals surface area contributed by atoms with Crippen LogP contribution in [0.3, 0.4) is 0 Å². The Bertz CT molecular complexity index is 713. The molecule has 0 aliphatic carbocycles. The van der Waals surface area contributed by atoms with Crippen molar-refractivity contribution in [1.29, 1.82) is 0 Å². The highest BCUT2D eigenvalue weighted by molar-refractivity contribution is 7.11. The molecule has 0 fully saturated rings. The molecule has 1 aromatic carbocycles. The molecule has 1 heterocycles. The summed E-state index contributed by atoms with van der Waals surface area (Å²) in [7, 11) is 0. The second kappa shape index (κ2) is 8.66. The van der Waals surface area contributed by atoms with E-state index >= 15 is 0 Å². The quantitative estimate of drug-likeness (QED) is 0.599. The summed E-state index contributed by atoms with van der Waals surface area (Å²) in [5, 5.41) is 8.98. The maximum Gasteiger partial charge on any atom is 0.303 e. The van der Waals surface area contributed by atoms with E-state index in [1.165, 1.54) is 32.9 Å². The Labute approximate surface area is 155 Å². The number of aliphatic carboxylic acids is 1. The van der Waals surface area contributed by atoms with Gasteiger partial charge in [0.1, 0.15) is 0 Å². The third kappa shape index (κ3) is 6.66. The lowest BCUT2D eigenvalue weighted by Gasteiger charge is -2.21. The summed E-state index contributed by atoms with van der Waals surface area (Å²) >= 11 is 1.89. The summed E-state index contributed by atoms with van der Waals surface area (Å²) in [5.74, 6) is -0.705. The lowest BCUT2D eigenvalue weighted by Crippen LogP contribution is -2.17. The Morgan fingerprint density at radius 1 is 1.04 bits per heavy atom. The summed E-state index contributed by atoms with van der Waals surface area (Å²) in [5.41, 5.74) is 4.05. The van der Waals surface area contributed by atoms with Gasteiger partial charge in [0.25, 0.3) is 0 Å². The first kappa shape index (κ1) is 19.7. The van der Waals surface area contributed by atoms with Crippen molar-refractivity contribution in [3.05, 3.63) is 56.8 Å². The molecule has 0 aliphatic rings. The molecule has 0 aliphatic heterocycles. The van der Waals surface area contributed by atoms with Crippen LogP contribution in [0.25, 0.3) is 0 Å². The van der Waals surface area contributed by atoms with Crippen molar-refractivity contribution in [1.82, 2.24) is 0 Å². The Balaban J connectivity index is 1.81. The van der Waals surface area contributed by atoms with Crippen molar-refractivity contribution in [2.24, 2.45) is 5.41 Å². The van der Waals surface area contributed by atoms with Crippen LogP contribution in [0.1, 0.15) is 59.6 Å². The second-order valence-corrected chi connectivity index (χ2v) is 9.14. The monoisotopic (exact) mass is 358 g/mol. The first-order valence-electron chi connectivity index (χ1n) is 9.11. The van der Waals surface area contributed by atoms with E-state index in [1.54, 1.807) is 0 Å². The highest BCUT2D eigenvalue weighted by Crippen LogP contribution is 2.29. The third-order valence-corrected chi connectivity index (χ3v) is 5.97. The molecule has 136 valence electrons. The lowest BCUT2D eigenvalue weighted by molar-refractivity contribution is -0.139. The zero-order valence-electron chi connectivity index (χ0n) is 15.9. The number of carboxylic acids is 1. The van der Waals surface area contributed by atoms with Crippen molar-refractivity contribution < 1.29 is 9.90 Å². The molecule has 1 aromatic heterocycles. The van der Waals surface area contributed by atoms with Crippen LogP contribution in [0.4, 0.5) is 0 Å². The van der Waals surface area contributed by atoms with Crippen LogP contribution in [-0.4, -0.2) is 11.1 Å². The van der Waals surface area contributed by atoms with E-state index in [1.807, 2.05) is 25.2 Å². The third-order valence-electron chi connectivity index (χ3n) is 4.77. The topological polar surface area (TPSA) is 37.3 Å².